The number of carbonyl (C=O) groups excluding carboxylic acids is 1. The van der Waals surface area contributed by atoms with Crippen molar-refractivity contribution < 1.29 is 4.79 Å². The fourth-order valence-corrected chi connectivity index (χ4v) is 2.66. The maximum Gasteiger partial charge on any atom is 0.252 e. The van der Waals surface area contributed by atoms with Gasteiger partial charge in [0.15, 0.2) is 0 Å². The maximum absolute atomic E-state index is 11.9. The summed E-state index contributed by atoms with van der Waals surface area (Å²) in [6.07, 6.45) is 5.09. The summed E-state index contributed by atoms with van der Waals surface area (Å²) < 4.78 is 0. The van der Waals surface area contributed by atoms with Crippen molar-refractivity contribution in [1.82, 2.24) is 10.3 Å². The number of hydrogen-bond acceptors (Lipinski definition) is 2. The lowest BCUT2D eigenvalue weighted by atomic mass is 10.1. The summed E-state index contributed by atoms with van der Waals surface area (Å²) in [6, 6.07) is 1.55. The minimum absolute atomic E-state index is 0.138. The maximum atomic E-state index is 11.9. The average molecular weight is 287 g/mol. The molecular weight excluding hydrogens is 271 g/mol. The summed E-state index contributed by atoms with van der Waals surface area (Å²) in [5.41, 5.74) is 0.454. The Morgan fingerprint density at radius 3 is 2.89 bits per heavy atom. The van der Waals surface area contributed by atoms with Gasteiger partial charge in [-0.2, -0.15) is 0 Å². The van der Waals surface area contributed by atoms with Crippen LogP contribution in [-0.4, -0.2) is 17.4 Å². The lowest BCUT2D eigenvalue weighted by molar-refractivity contribution is 0.0947. The van der Waals surface area contributed by atoms with E-state index in [1.165, 1.54) is 25.5 Å². The van der Waals surface area contributed by atoms with Gasteiger partial charge >= 0.3 is 0 Å². The van der Waals surface area contributed by atoms with Crippen LogP contribution < -0.4 is 5.32 Å². The van der Waals surface area contributed by atoms with E-state index < -0.39 is 0 Å². The lowest BCUT2D eigenvalue weighted by Gasteiger charge is -2.11. The SMILES string of the molecule is CC1CCC(CNC(=O)c2cnc(Cl)c(Cl)c2)C1. The number of rotatable bonds is 3. The molecule has 0 aliphatic heterocycles. The first-order valence-electron chi connectivity index (χ1n) is 6.15. The Hall–Kier alpha value is -0.800. The van der Waals surface area contributed by atoms with E-state index in [4.69, 9.17) is 23.2 Å². The van der Waals surface area contributed by atoms with E-state index in [2.05, 4.69) is 17.2 Å². The standard InChI is InChI=1S/C13H16Cl2N2O/c1-8-2-3-9(4-8)6-17-13(18)10-5-11(14)12(15)16-7-10/h5,7-9H,2-4,6H2,1H3,(H,17,18). The second-order valence-electron chi connectivity index (χ2n) is 4.99. The van der Waals surface area contributed by atoms with E-state index in [1.54, 1.807) is 6.07 Å². The molecule has 0 bridgehead atoms. The van der Waals surface area contributed by atoms with Gasteiger partial charge in [-0.1, -0.05) is 36.5 Å². The van der Waals surface area contributed by atoms with Gasteiger partial charge in [-0.05, 0) is 30.7 Å². The molecule has 1 aromatic rings. The van der Waals surface area contributed by atoms with Crippen LogP contribution in [0.5, 0.6) is 0 Å². The molecule has 5 heteroatoms. The number of amides is 1. The van der Waals surface area contributed by atoms with Gasteiger partial charge in [0.1, 0.15) is 5.15 Å². The molecule has 0 spiro atoms. The molecule has 2 atom stereocenters. The van der Waals surface area contributed by atoms with Crippen LogP contribution in [0.15, 0.2) is 12.3 Å². The molecule has 2 rings (SSSR count). The van der Waals surface area contributed by atoms with Crippen molar-refractivity contribution in [3.63, 3.8) is 0 Å². The van der Waals surface area contributed by atoms with Crippen LogP contribution in [-0.2, 0) is 0 Å². The monoisotopic (exact) mass is 286 g/mol. The van der Waals surface area contributed by atoms with Gasteiger partial charge in [0, 0.05) is 12.7 Å². The number of hydrogen-bond donors (Lipinski definition) is 1. The molecule has 2 unspecified atom stereocenters. The summed E-state index contributed by atoms with van der Waals surface area (Å²) in [7, 11) is 0. The number of halogens is 2. The van der Waals surface area contributed by atoms with Gasteiger partial charge in [-0.15, -0.1) is 0 Å². The Morgan fingerprint density at radius 2 is 2.28 bits per heavy atom. The second-order valence-corrected chi connectivity index (χ2v) is 5.76. The third kappa shape index (κ3) is 3.36. The van der Waals surface area contributed by atoms with Gasteiger partial charge in [-0.25, -0.2) is 4.98 Å². The first-order chi connectivity index (χ1) is 8.56. The molecule has 3 nitrogen and oxygen atoms in total. The molecule has 18 heavy (non-hydrogen) atoms. The number of aromatic nitrogens is 1. The van der Waals surface area contributed by atoms with Crippen molar-refractivity contribution in [3.05, 3.63) is 28.0 Å². The lowest BCUT2D eigenvalue weighted by Crippen LogP contribution is -2.28. The Morgan fingerprint density at radius 1 is 1.50 bits per heavy atom. The zero-order chi connectivity index (χ0) is 13.1. The summed E-state index contributed by atoms with van der Waals surface area (Å²) in [4.78, 5) is 15.8. The molecule has 1 aromatic heterocycles. The predicted molar refractivity (Wildman–Crippen MR) is 73.1 cm³/mol. The molecule has 1 fully saturated rings. The molecule has 1 N–H and O–H groups in total. The summed E-state index contributed by atoms with van der Waals surface area (Å²) >= 11 is 11.5. The molecule has 1 aliphatic carbocycles. The van der Waals surface area contributed by atoms with Crippen molar-refractivity contribution in [1.29, 1.82) is 0 Å². The van der Waals surface area contributed by atoms with Crippen molar-refractivity contribution in [2.45, 2.75) is 26.2 Å². The molecule has 0 aromatic carbocycles. The van der Waals surface area contributed by atoms with Crippen LogP contribution in [0.25, 0.3) is 0 Å². The number of pyridine rings is 1. The van der Waals surface area contributed by atoms with E-state index in [9.17, 15) is 4.79 Å². The van der Waals surface area contributed by atoms with Crippen molar-refractivity contribution in [3.8, 4) is 0 Å². The third-order valence-corrected chi connectivity index (χ3v) is 4.10. The van der Waals surface area contributed by atoms with E-state index in [-0.39, 0.29) is 11.1 Å². The van der Waals surface area contributed by atoms with Gasteiger partial charge < -0.3 is 5.32 Å². The molecular formula is C13H16Cl2N2O. The molecule has 0 radical (unpaired) electrons. The normalized spacial score (nSPS) is 23.1. The van der Waals surface area contributed by atoms with Crippen LogP contribution >= 0.6 is 23.2 Å². The second kappa shape index (κ2) is 5.89. The summed E-state index contributed by atoms with van der Waals surface area (Å²) in [5, 5.41) is 3.45. The Balaban J connectivity index is 1.89. The van der Waals surface area contributed by atoms with E-state index in [0.29, 0.717) is 16.5 Å². The zero-order valence-electron chi connectivity index (χ0n) is 10.2. The number of nitrogens with one attached hydrogen (secondary N) is 1. The third-order valence-electron chi connectivity index (χ3n) is 3.41. The van der Waals surface area contributed by atoms with Crippen LogP contribution in [0.4, 0.5) is 0 Å². The fraction of sp³-hybridized carbons (Fsp3) is 0.538. The van der Waals surface area contributed by atoms with Gasteiger partial charge in [0.05, 0.1) is 10.6 Å². The summed E-state index contributed by atoms with van der Waals surface area (Å²) in [5.74, 6) is 1.24. The molecule has 1 aliphatic rings. The highest BCUT2D eigenvalue weighted by Gasteiger charge is 2.21. The van der Waals surface area contributed by atoms with Gasteiger partial charge in [0.25, 0.3) is 5.91 Å². The Bertz CT molecular complexity index is 451. The van der Waals surface area contributed by atoms with Crippen molar-refractivity contribution >= 4 is 29.1 Å². The molecule has 1 saturated carbocycles. The first-order valence-corrected chi connectivity index (χ1v) is 6.91. The predicted octanol–water partition coefficient (Wildman–Crippen LogP) is 3.55. The van der Waals surface area contributed by atoms with E-state index >= 15 is 0 Å². The Labute approximate surface area is 117 Å². The van der Waals surface area contributed by atoms with Crippen molar-refractivity contribution in [2.24, 2.45) is 11.8 Å². The van der Waals surface area contributed by atoms with Crippen LogP contribution in [0.1, 0.15) is 36.5 Å². The van der Waals surface area contributed by atoms with Crippen LogP contribution in [0, 0.1) is 11.8 Å². The van der Waals surface area contributed by atoms with Crippen LogP contribution in [0.2, 0.25) is 10.2 Å². The number of nitrogens with zero attached hydrogens (tertiary/aromatic N) is 1. The highest BCUT2D eigenvalue weighted by atomic mass is 35.5. The Kier molecular flexibility index (Phi) is 4.46. The zero-order valence-corrected chi connectivity index (χ0v) is 11.8. The first kappa shape index (κ1) is 13.6. The molecule has 1 heterocycles. The average Bonchev–Trinajstić information content (AvgIpc) is 2.75. The minimum Gasteiger partial charge on any atom is -0.352 e. The summed E-state index contributed by atoms with van der Waals surface area (Å²) in [6.45, 7) is 2.98. The van der Waals surface area contributed by atoms with Gasteiger partial charge in [-0.3, -0.25) is 4.79 Å². The quantitative estimate of drug-likeness (QED) is 0.864. The van der Waals surface area contributed by atoms with Gasteiger partial charge in [0.2, 0.25) is 0 Å². The molecule has 1 amide bonds. The number of carbonyl (C=O) groups is 1. The fourth-order valence-electron chi connectivity index (χ4n) is 2.39. The highest BCUT2D eigenvalue weighted by Crippen LogP contribution is 2.29. The smallest absolute Gasteiger partial charge is 0.252 e. The van der Waals surface area contributed by atoms with Crippen LogP contribution in [0.3, 0.4) is 0 Å². The topological polar surface area (TPSA) is 42.0 Å². The minimum atomic E-state index is -0.138. The largest absolute Gasteiger partial charge is 0.352 e. The van der Waals surface area contributed by atoms with E-state index in [1.807, 2.05) is 0 Å². The molecule has 0 saturated heterocycles. The van der Waals surface area contributed by atoms with Crippen molar-refractivity contribution in [2.75, 3.05) is 6.54 Å². The van der Waals surface area contributed by atoms with E-state index in [0.717, 1.165) is 12.5 Å². The highest BCUT2D eigenvalue weighted by molar-refractivity contribution is 6.41. The molecule has 98 valence electrons.